The summed E-state index contributed by atoms with van der Waals surface area (Å²) in [6, 6.07) is 19.9. The first kappa shape index (κ1) is 40.8. The minimum atomic E-state index is -0.555. The van der Waals surface area contributed by atoms with E-state index in [1.54, 1.807) is 72.1 Å². The van der Waals surface area contributed by atoms with Gasteiger partial charge in [-0.25, -0.2) is 9.59 Å². The highest BCUT2D eigenvalue weighted by molar-refractivity contribution is 7.99. The first-order chi connectivity index (χ1) is 26.5. The molecule has 0 fully saturated rings. The van der Waals surface area contributed by atoms with Gasteiger partial charge in [-0.15, -0.1) is 20.4 Å². The minimum absolute atomic E-state index is 0.291. The molecule has 286 valence electrons. The van der Waals surface area contributed by atoms with Crippen molar-refractivity contribution in [3.05, 3.63) is 83.9 Å². The van der Waals surface area contributed by atoms with Gasteiger partial charge in [0.05, 0.1) is 11.1 Å². The Morgan fingerprint density at radius 3 is 1.20 bits per heavy atom. The van der Waals surface area contributed by atoms with Gasteiger partial charge in [0.1, 0.15) is 11.5 Å². The van der Waals surface area contributed by atoms with E-state index in [4.69, 9.17) is 18.3 Å². The summed E-state index contributed by atoms with van der Waals surface area (Å²) >= 11 is 3.15. The average molecular weight is 771 g/mol. The zero-order valence-corrected chi connectivity index (χ0v) is 32.9. The van der Waals surface area contributed by atoms with Crippen molar-refractivity contribution in [1.29, 1.82) is 0 Å². The Balaban J connectivity index is 1.02. The SMILES string of the molecule is CCCCCCCCCSc1nnc(-c2ccc(OC(=O)c3ccc(C(=O)Oc4ccc(-c5nnc(SCCCCCCCCC)o5)cc4)cc3)cc2)o1. The fraction of sp³-hybridized carbons (Fsp3) is 0.429. The van der Waals surface area contributed by atoms with Crippen LogP contribution in [0.4, 0.5) is 0 Å². The smallest absolute Gasteiger partial charge is 0.343 e. The first-order valence-electron chi connectivity index (χ1n) is 19.2. The lowest BCUT2D eigenvalue weighted by Crippen LogP contribution is -2.11. The van der Waals surface area contributed by atoms with Crippen LogP contribution in [0.15, 0.2) is 92.1 Å². The summed E-state index contributed by atoms with van der Waals surface area (Å²) in [7, 11) is 0. The van der Waals surface area contributed by atoms with Gasteiger partial charge in [0.15, 0.2) is 0 Å². The molecule has 0 aliphatic heterocycles. The van der Waals surface area contributed by atoms with Crippen molar-refractivity contribution in [1.82, 2.24) is 20.4 Å². The normalized spacial score (nSPS) is 11.1. The number of thioether (sulfide) groups is 2. The molecule has 5 aromatic rings. The van der Waals surface area contributed by atoms with E-state index in [-0.39, 0.29) is 0 Å². The standard InChI is InChI=1S/C42H50N4O6S2/c1-3-5-7-9-11-13-15-29-53-41-45-43-37(51-41)31-21-25-35(26-22-31)49-39(47)33-17-19-34(20-18-33)40(48)50-36-27-23-32(24-28-36)38-44-46-42(52-38)54-30-16-14-12-10-8-6-4-2/h17-28H,3-16,29-30H2,1-2H3. The molecular formula is C42H50N4O6S2. The second-order valence-corrected chi connectivity index (χ2v) is 15.2. The number of hydrogen-bond acceptors (Lipinski definition) is 12. The summed E-state index contributed by atoms with van der Waals surface area (Å²) in [5.41, 5.74) is 2.04. The number of carbonyl (C=O) groups excluding carboxylic acids is 2. The number of hydrogen-bond donors (Lipinski definition) is 0. The predicted octanol–water partition coefficient (Wildman–Crippen LogP) is 11.9. The summed E-state index contributed by atoms with van der Waals surface area (Å²) in [6.07, 6.45) is 17.6. The molecule has 3 aromatic carbocycles. The molecule has 10 nitrogen and oxygen atoms in total. The number of carbonyl (C=O) groups is 2. The summed E-state index contributed by atoms with van der Waals surface area (Å²) in [6.45, 7) is 4.46. The van der Waals surface area contributed by atoms with E-state index < -0.39 is 11.9 Å². The molecule has 54 heavy (non-hydrogen) atoms. The Labute approximate surface area is 326 Å². The molecule has 5 rings (SSSR count). The molecule has 0 spiro atoms. The topological polar surface area (TPSA) is 130 Å². The average Bonchev–Trinajstić information content (AvgIpc) is 3.88. The molecule has 0 radical (unpaired) electrons. The van der Waals surface area contributed by atoms with Gasteiger partial charge in [-0.05, 0) is 85.6 Å². The van der Waals surface area contributed by atoms with Crippen LogP contribution in [0.3, 0.4) is 0 Å². The number of nitrogens with zero attached hydrogens (tertiary/aromatic N) is 4. The molecule has 0 atom stereocenters. The number of ether oxygens (including phenoxy) is 2. The quantitative estimate of drug-likeness (QED) is 0.0256. The van der Waals surface area contributed by atoms with Crippen molar-refractivity contribution in [3.63, 3.8) is 0 Å². The molecule has 2 aromatic heterocycles. The Hall–Kier alpha value is -4.42. The van der Waals surface area contributed by atoms with Crippen molar-refractivity contribution in [3.8, 4) is 34.4 Å². The van der Waals surface area contributed by atoms with Gasteiger partial charge in [-0.3, -0.25) is 0 Å². The zero-order chi connectivity index (χ0) is 37.8. The van der Waals surface area contributed by atoms with Crippen LogP contribution in [0.1, 0.15) is 124 Å². The van der Waals surface area contributed by atoms with E-state index in [1.807, 2.05) is 0 Å². The fourth-order valence-corrected chi connectivity index (χ4v) is 7.13. The third-order valence-corrected chi connectivity index (χ3v) is 10.5. The molecule has 0 N–H and O–H groups in total. The van der Waals surface area contributed by atoms with Crippen molar-refractivity contribution in [2.75, 3.05) is 11.5 Å². The van der Waals surface area contributed by atoms with Gasteiger partial charge in [0.2, 0.25) is 11.8 Å². The lowest BCUT2D eigenvalue weighted by Gasteiger charge is -2.07. The molecule has 0 aliphatic carbocycles. The maximum Gasteiger partial charge on any atom is 0.343 e. The summed E-state index contributed by atoms with van der Waals surface area (Å²) in [5, 5.41) is 17.7. The monoisotopic (exact) mass is 770 g/mol. The molecule has 0 saturated carbocycles. The molecular weight excluding hydrogens is 721 g/mol. The van der Waals surface area contributed by atoms with E-state index in [2.05, 4.69) is 34.2 Å². The molecule has 0 amide bonds. The molecule has 12 heteroatoms. The number of rotatable bonds is 24. The van der Waals surface area contributed by atoms with Crippen molar-refractivity contribution in [2.45, 2.75) is 114 Å². The summed E-state index contributed by atoms with van der Waals surface area (Å²) in [5.74, 6) is 2.34. The summed E-state index contributed by atoms with van der Waals surface area (Å²) in [4.78, 5) is 25.7. The van der Waals surface area contributed by atoms with E-state index in [0.29, 0.717) is 44.9 Å². The van der Waals surface area contributed by atoms with Gasteiger partial charge in [-0.2, -0.15) is 0 Å². The largest absolute Gasteiger partial charge is 0.423 e. The van der Waals surface area contributed by atoms with Gasteiger partial charge in [0.25, 0.3) is 10.4 Å². The second kappa shape index (κ2) is 22.7. The lowest BCUT2D eigenvalue weighted by atomic mass is 10.1. The van der Waals surface area contributed by atoms with E-state index >= 15 is 0 Å². The van der Waals surface area contributed by atoms with Gasteiger partial charge in [0, 0.05) is 22.6 Å². The number of unbranched alkanes of at least 4 members (excludes halogenated alkanes) is 12. The fourth-order valence-electron chi connectivity index (χ4n) is 5.61. The van der Waals surface area contributed by atoms with Crippen LogP contribution in [0, 0.1) is 0 Å². The third kappa shape index (κ3) is 13.5. The number of aromatic nitrogens is 4. The zero-order valence-electron chi connectivity index (χ0n) is 31.3. The first-order valence-corrected chi connectivity index (χ1v) is 21.2. The van der Waals surface area contributed by atoms with Crippen LogP contribution in [0.2, 0.25) is 0 Å². The van der Waals surface area contributed by atoms with Gasteiger partial charge in [-0.1, -0.05) is 114 Å². The van der Waals surface area contributed by atoms with Crippen LogP contribution in [-0.2, 0) is 0 Å². The van der Waals surface area contributed by atoms with Crippen molar-refractivity contribution < 1.29 is 27.9 Å². The molecule has 2 heterocycles. The minimum Gasteiger partial charge on any atom is -0.423 e. The lowest BCUT2D eigenvalue weighted by molar-refractivity contribution is 0.0720. The van der Waals surface area contributed by atoms with E-state index in [1.165, 1.54) is 101 Å². The van der Waals surface area contributed by atoms with Gasteiger partial charge < -0.3 is 18.3 Å². The van der Waals surface area contributed by atoms with Crippen molar-refractivity contribution in [2.24, 2.45) is 0 Å². The number of esters is 2. The van der Waals surface area contributed by atoms with Crippen LogP contribution in [0.25, 0.3) is 22.9 Å². The predicted molar refractivity (Wildman–Crippen MR) is 213 cm³/mol. The second-order valence-electron chi connectivity index (χ2n) is 13.1. The van der Waals surface area contributed by atoms with Crippen molar-refractivity contribution >= 4 is 35.5 Å². The highest BCUT2D eigenvalue weighted by atomic mass is 32.2. The maximum absolute atomic E-state index is 12.8. The Morgan fingerprint density at radius 1 is 0.481 bits per heavy atom. The summed E-state index contributed by atoms with van der Waals surface area (Å²) < 4.78 is 22.7. The van der Waals surface area contributed by atoms with Crippen LogP contribution < -0.4 is 9.47 Å². The maximum atomic E-state index is 12.8. The van der Waals surface area contributed by atoms with E-state index in [0.717, 1.165) is 35.5 Å². The molecule has 0 aliphatic rings. The highest BCUT2D eigenvalue weighted by Crippen LogP contribution is 2.28. The van der Waals surface area contributed by atoms with Gasteiger partial charge >= 0.3 is 11.9 Å². The van der Waals surface area contributed by atoms with E-state index in [9.17, 15) is 9.59 Å². The van der Waals surface area contributed by atoms with Crippen LogP contribution >= 0.6 is 23.5 Å². The van der Waals surface area contributed by atoms with Crippen LogP contribution in [-0.4, -0.2) is 43.8 Å². The third-order valence-electron chi connectivity index (χ3n) is 8.74. The number of benzene rings is 3. The highest BCUT2D eigenvalue weighted by Gasteiger charge is 2.15. The van der Waals surface area contributed by atoms with Crippen LogP contribution in [0.5, 0.6) is 11.5 Å². The molecule has 0 bridgehead atoms. The Kier molecular flexibility index (Phi) is 17.1. The Bertz CT molecular complexity index is 1710. The molecule has 0 unspecified atom stereocenters. The molecule has 0 saturated heterocycles. The Morgan fingerprint density at radius 2 is 0.833 bits per heavy atom.